The van der Waals surface area contributed by atoms with E-state index < -0.39 is 5.41 Å². The lowest BCUT2D eigenvalue weighted by Crippen LogP contribution is -2.29. The lowest BCUT2D eigenvalue weighted by atomic mass is 9.94. The Hall–Kier alpha value is -2.40. The van der Waals surface area contributed by atoms with Crippen molar-refractivity contribution in [1.29, 1.82) is 0 Å². The molecule has 1 amide bonds. The Morgan fingerprint density at radius 2 is 1.96 bits per heavy atom. The first-order valence-electron chi connectivity index (χ1n) is 9.09. The van der Waals surface area contributed by atoms with Gasteiger partial charge in [-0.3, -0.25) is 4.79 Å². The van der Waals surface area contributed by atoms with Gasteiger partial charge in [0.1, 0.15) is 18.2 Å². The zero-order valence-electron chi connectivity index (χ0n) is 14.5. The van der Waals surface area contributed by atoms with Crippen molar-refractivity contribution in [2.45, 2.75) is 37.2 Å². The van der Waals surface area contributed by atoms with E-state index >= 15 is 0 Å². The average Bonchev–Trinajstić information content (AvgIpc) is 3.30. The predicted molar refractivity (Wildman–Crippen MR) is 96.9 cm³/mol. The highest BCUT2D eigenvalue weighted by atomic mass is 19.1. The highest BCUT2D eigenvalue weighted by molar-refractivity contribution is 6.02. The van der Waals surface area contributed by atoms with Gasteiger partial charge in [-0.15, -0.1) is 0 Å². The molecule has 2 aromatic rings. The van der Waals surface area contributed by atoms with Crippen LogP contribution < -0.4 is 10.1 Å². The number of para-hydroxylation sites is 2. The third kappa shape index (κ3) is 3.31. The summed E-state index contributed by atoms with van der Waals surface area (Å²) in [6, 6.07) is 13.9. The minimum absolute atomic E-state index is 0.104. The van der Waals surface area contributed by atoms with Crippen molar-refractivity contribution in [3.8, 4) is 5.75 Å². The van der Waals surface area contributed by atoms with E-state index in [0.717, 1.165) is 19.4 Å². The van der Waals surface area contributed by atoms with Gasteiger partial charge in [-0.05, 0) is 43.9 Å². The molecule has 0 aromatic heterocycles. The average molecular weight is 355 g/mol. The third-order valence-electron chi connectivity index (χ3n) is 5.16. The standard InChI is InChI=1S/C21H22FNO3/c22-17-8-2-1-7-16(17)21(11-12-21)20(24)23-18-9-3-4-10-19(18)26-14-15-6-5-13-25-15/h1-4,7-10,15H,5-6,11-14H2,(H,23,24). The molecule has 5 heteroatoms. The second-order valence-corrected chi connectivity index (χ2v) is 6.96. The van der Waals surface area contributed by atoms with Crippen LogP contribution in [0, 0.1) is 5.82 Å². The Labute approximate surface area is 152 Å². The predicted octanol–water partition coefficient (Wildman–Crippen LogP) is 4.05. The first kappa shape index (κ1) is 17.0. The Morgan fingerprint density at radius 1 is 1.19 bits per heavy atom. The molecule has 1 N–H and O–H groups in total. The van der Waals surface area contributed by atoms with E-state index in [1.165, 1.54) is 6.07 Å². The molecule has 136 valence electrons. The molecular weight excluding hydrogens is 333 g/mol. The van der Waals surface area contributed by atoms with Crippen LogP contribution in [0.3, 0.4) is 0 Å². The monoisotopic (exact) mass is 355 g/mol. The number of amides is 1. The molecule has 26 heavy (non-hydrogen) atoms. The molecule has 1 heterocycles. The van der Waals surface area contributed by atoms with Crippen LogP contribution >= 0.6 is 0 Å². The lowest BCUT2D eigenvalue weighted by molar-refractivity contribution is -0.118. The summed E-state index contributed by atoms with van der Waals surface area (Å²) in [6.07, 6.45) is 3.45. The van der Waals surface area contributed by atoms with Gasteiger partial charge in [-0.25, -0.2) is 4.39 Å². The molecule has 0 bridgehead atoms. The summed E-state index contributed by atoms with van der Waals surface area (Å²) in [6.45, 7) is 1.24. The molecule has 4 nitrogen and oxygen atoms in total. The SMILES string of the molecule is O=C(Nc1ccccc1OCC1CCCO1)C1(c2ccccc2F)CC1. The van der Waals surface area contributed by atoms with Gasteiger partial charge in [0.25, 0.3) is 0 Å². The van der Waals surface area contributed by atoms with Gasteiger partial charge in [0, 0.05) is 12.2 Å². The Kier molecular flexibility index (Phi) is 4.64. The number of rotatable bonds is 6. The normalized spacial score (nSPS) is 20.6. The zero-order chi connectivity index (χ0) is 18.0. The molecule has 0 spiro atoms. The van der Waals surface area contributed by atoms with Gasteiger partial charge < -0.3 is 14.8 Å². The van der Waals surface area contributed by atoms with Gasteiger partial charge in [0.2, 0.25) is 5.91 Å². The molecule has 1 aliphatic heterocycles. The summed E-state index contributed by atoms with van der Waals surface area (Å²) < 4.78 is 25.6. The van der Waals surface area contributed by atoms with Crippen molar-refractivity contribution in [2.24, 2.45) is 0 Å². The summed E-state index contributed by atoms with van der Waals surface area (Å²) in [5, 5.41) is 2.94. The topological polar surface area (TPSA) is 47.6 Å². The van der Waals surface area contributed by atoms with Gasteiger partial charge in [0.05, 0.1) is 17.2 Å². The van der Waals surface area contributed by atoms with E-state index in [1.54, 1.807) is 24.3 Å². The highest BCUT2D eigenvalue weighted by Gasteiger charge is 2.52. The van der Waals surface area contributed by atoms with E-state index in [1.807, 2.05) is 18.2 Å². The number of hydrogen-bond donors (Lipinski definition) is 1. The molecule has 1 saturated carbocycles. The first-order chi connectivity index (χ1) is 12.7. The number of hydrogen-bond acceptors (Lipinski definition) is 3. The fourth-order valence-electron chi connectivity index (χ4n) is 3.49. The van der Waals surface area contributed by atoms with Crippen LogP contribution in [-0.2, 0) is 14.9 Å². The molecular formula is C21H22FNO3. The molecule has 4 rings (SSSR count). The number of benzene rings is 2. The fourth-order valence-corrected chi connectivity index (χ4v) is 3.49. The molecule has 1 saturated heterocycles. The molecule has 1 atom stereocenters. The third-order valence-corrected chi connectivity index (χ3v) is 5.16. The second-order valence-electron chi connectivity index (χ2n) is 6.96. The Morgan fingerprint density at radius 3 is 2.69 bits per heavy atom. The molecule has 2 aliphatic rings. The van der Waals surface area contributed by atoms with Crippen LogP contribution in [0.4, 0.5) is 10.1 Å². The van der Waals surface area contributed by atoms with Crippen molar-refractivity contribution >= 4 is 11.6 Å². The lowest BCUT2D eigenvalue weighted by Gasteiger charge is -2.19. The maximum atomic E-state index is 14.2. The molecule has 2 fully saturated rings. The zero-order valence-corrected chi connectivity index (χ0v) is 14.5. The van der Waals surface area contributed by atoms with E-state index in [4.69, 9.17) is 9.47 Å². The van der Waals surface area contributed by atoms with E-state index in [0.29, 0.717) is 36.4 Å². The Balaban J connectivity index is 1.49. The van der Waals surface area contributed by atoms with Gasteiger partial charge in [-0.1, -0.05) is 30.3 Å². The molecule has 0 radical (unpaired) electrons. The summed E-state index contributed by atoms with van der Waals surface area (Å²) >= 11 is 0. The number of ether oxygens (including phenoxy) is 2. The van der Waals surface area contributed by atoms with Gasteiger partial charge >= 0.3 is 0 Å². The fraction of sp³-hybridized carbons (Fsp3) is 0.381. The quantitative estimate of drug-likeness (QED) is 0.850. The van der Waals surface area contributed by atoms with Crippen LogP contribution in [0.15, 0.2) is 48.5 Å². The summed E-state index contributed by atoms with van der Waals surface area (Å²) in [5.41, 5.74) is 0.306. The van der Waals surface area contributed by atoms with Crippen LogP contribution in [-0.4, -0.2) is 25.2 Å². The number of nitrogens with one attached hydrogen (secondary N) is 1. The highest BCUT2D eigenvalue weighted by Crippen LogP contribution is 2.50. The van der Waals surface area contributed by atoms with Crippen molar-refractivity contribution in [3.05, 3.63) is 59.9 Å². The van der Waals surface area contributed by atoms with Crippen LogP contribution in [0.5, 0.6) is 5.75 Å². The number of carbonyl (C=O) groups is 1. The van der Waals surface area contributed by atoms with Crippen LogP contribution in [0.25, 0.3) is 0 Å². The first-order valence-corrected chi connectivity index (χ1v) is 9.09. The molecule has 1 aliphatic carbocycles. The van der Waals surface area contributed by atoms with E-state index in [2.05, 4.69) is 5.32 Å². The molecule has 2 aromatic carbocycles. The van der Waals surface area contributed by atoms with Crippen LogP contribution in [0.1, 0.15) is 31.2 Å². The maximum absolute atomic E-state index is 14.2. The van der Waals surface area contributed by atoms with Gasteiger partial charge in [0.15, 0.2) is 0 Å². The van der Waals surface area contributed by atoms with Gasteiger partial charge in [-0.2, -0.15) is 0 Å². The minimum Gasteiger partial charge on any atom is -0.489 e. The molecule has 1 unspecified atom stereocenters. The smallest absolute Gasteiger partial charge is 0.235 e. The Bertz CT molecular complexity index is 797. The summed E-state index contributed by atoms with van der Waals surface area (Å²) in [7, 11) is 0. The van der Waals surface area contributed by atoms with Crippen molar-refractivity contribution in [3.63, 3.8) is 0 Å². The number of halogens is 1. The number of carbonyl (C=O) groups excluding carboxylic acids is 1. The summed E-state index contributed by atoms with van der Waals surface area (Å²) in [4.78, 5) is 12.9. The minimum atomic E-state index is -0.771. The summed E-state index contributed by atoms with van der Waals surface area (Å²) in [5.74, 6) is 0.0968. The van der Waals surface area contributed by atoms with Crippen molar-refractivity contribution in [1.82, 2.24) is 0 Å². The van der Waals surface area contributed by atoms with Crippen molar-refractivity contribution < 1.29 is 18.7 Å². The maximum Gasteiger partial charge on any atom is 0.235 e. The van der Waals surface area contributed by atoms with Crippen molar-refractivity contribution in [2.75, 3.05) is 18.5 Å². The van der Waals surface area contributed by atoms with E-state index in [-0.39, 0.29) is 17.8 Å². The van der Waals surface area contributed by atoms with Crippen LogP contribution in [0.2, 0.25) is 0 Å². The number of anilines is 1. The second kappa shape index (κ2) is 7.08. The van der Waals surface area contributed by atoms with E-state index in [9.17, 15) is 9.18 Å². The largest absolute Gasteiger partial charge is 0.489 e.